The number of fused-ring (bicyclic) bond motifs is 1. The molecule has 1 saturated heterocycles. The fraction of sp³-hybridized carbons (Fsp3) is 0.862. The Balaban J connectivity index is 2.04. The van der Waals surface area contributed by atoms with E-state index in [2.05, 4.69) is 5.16 Å². The van der Waals surface area contributed by atoms with Crippen LogP contribution in [0.15, 0.2) is 16.8 Å². The van der Waals surface area contributed by atoms with Crippen LogP contribution in [0.1, 0.15) is 67.7 Å². The summed E-state index contributed by atoms with van der Waals surface area (Å²) in [5, 5.41) is 50.0. The summed E-state index contributed by atoms with van der Waals surface area (Å²) in [6.45, 7) is 12.2. The minimum atomic E-state index is -1.56. The van der Waals surface area contributed by atoms with Gasteiger partial charge in [0, 0.05) is 23.5 Å². The molecule has 11 heteroatoms. The predicted octanol–water partition coefficient (Wildman–Crippen LogP) is 1.61. The Morgan fingerprint density at radius 3 is 2.38 bits per heavy atom. The lowest BCUT2D eigenvalue weighted by atomic mass is 9.76. The minimum absolute atomic E-state index is 0.139. The lowest BCUT2D eigenvalue weighted by Crippen LogP contribution is -2.59. The first kappa shape index (κ1) is 32.9. The summed E-state index contributed by atoms with van der Waals surface area (Å²) in [7, 11) is 3.75. The van der Waals surface area contributed by atoms with Crippen LogP contribution in [-0.4, -0.2) is 112 Å². The first-order chi connectivity index (χ1) is 18.5. The zero-order valence-corrected chi connectivity index (χ0v) is 25.4. The Morgan fingerprint density at radius 2 is 1.77 bits per heavy atom. The molecule has 0 aliphatic carbocycles. The van der Waals surface area contributed by atoms with Gasteiger partial charge in [0.25, 0.3) is 0 Å². The van der Waals surface area contributed by atoms with Crippen molar-refractivity contribution >= 4 is 11.7 Å². The molecule has 3 aliphatic rings. The molecule has 0 aromatic rings. The second-order valence-corrected chi connectivity index (χ2v) is 12.7. The van der Waals surface area contributed by atoms with Crippen molar-refractivity contribution in [2.45, 2.75) is 122 Å². The third-order valence-corrected chi connectivity index (χ3v) is 8.72. The van der Waals surface area contributed by atoms with Gasteiger partial charge in [-0.15, -0.1) is 0 Å². The van der Waals surface area contributed by atoms with E-state index in [0.29, 0.717) is 24.1 Å². The van der Waals surface area contributed by atoms with Gasteiger partial charge in [0.2, 0.25) is 0 Å². The van der Waals surface area contributed by atoms with Crippen molar-refractivity contribution in [3.63, 3.8) is 0 Å². The maximum atomic E-state index is 13.2. The van der Waals surface area contributed by atoms with Crippen molar-refractivity contribution in [3.8, 4) is 0 Å². The summed E-state index contributed by atoms with van der Waals surface area (Å²) in [4.78, 5) is 20.5. The molecule has 3 heterocycles. The molecule has 0 spiro atoms. The molecule has 11 nitrogen and oxygen atoms in total. The quantitative estimate of drug-likeness (QED) is 0.367. The number of aliphatic hydroxyl groups excluding tert-OH is 2. The van der Waals surface area contributed by atoms with Crippen LogP contribution in [0.25, 0.3) is 0 Å². The monoisotopic (exact) mass is 570 g/mol. The lowest BCUT2D eigenvalue weighted by Gasteiger charge is -2.46. The number of ether oxygens (including phenoxy) is 3. The van der Waals surface area contributed by atoms with Gasteiger partial charge in [-0.3, -0.25) is 4.79 Å². The Morgan fingerprint density at radius 1 is 1.12 bits per heavy atom. The van der Waals surface area contributed by atoms with Crippen molar-refractivity contribution in [2.75, 3.05) is 20.7 Å². The smallest absolute Gasteiger partial charge is 0.311 e. The molecule has 3 aliphatic heterocycles. The Labute approximate surface area is 238 Å². The van der Waals surface area contributed by atoms with E-state index in [1.165, 1.54) is 0 Å². The molecule has 0 saturated carbocycles. The molecular weight excluding hydrogens is 520 g/mol. The number of likely N-dealkylation sites (N-methyl/N-ethyl adjacent to an activating group) is 1. The number of carbonyl (C=O) groups is 1. The molecular formula is C29H50N2O9. The zero-order valence-electron chi connectivity index (χ0n) is 25.4. The zero-order chi connectivity index (χ0) is 30.2. The van der Waals surface area contributed by atoms with Crippen LogP contribution >= 0.6 is 0 Å². The minimum Gasteiger partial charge on any atom is -0.459 e. The molecule has 40 heavy (non-hydrogen) atoms. The predicted molar refractivity (Wildman–Crippen MR) is 148 cm³/mol. The Hall–Kier alpha value is -1.60. The fourth-order valence-electron chi connectivity index (χ4n) is 6.38. The molecule has 1 fully saturated rings. The van der Waals surface area contributed by atoms with Crippen LogP contribution in [0.2, 0.25) is 0 Å². The number of rotatable bonds is 4. The summed E-state index contributed by atoms with van der Waals surface area (Å²) in [6, 6.07) is -0.235. The molecule has 4 N–H and O–H groups in total. The molecule has 3 rings (SSSR count). The number of carbonyl (C=O) groups excluding carboxylic acids is 1. The van der Waals surface area contributed by atoms with Crippen LogP contribution in [0, 0.1) is 17.8 Å². The first-order valence-corrected chi connectivity index (χ1v) is 14.4. The summed E-state index contributed by atoms with van der Waals surface area (Å²) in [5.41, 5.74) is -1.87. The van der Waals surface area contributed by atoms with E-state index >= 15 is 0 Å². The van der Waals surface area contributed by atoms with E-state index in [0.717, 1.165) is 0 Å². The average molecular weight is 571 g/mol. The van der Waals surface area contributed by atoms with Gasteiger partial charge in [-0.25, -0.2) is 0 Å². The van der Waals surface area contributed by atoms with Crippen LogP contribution in [0.5, 0.6) is 0 Å². The van der Waals surface area contributed by atoms with E-state index in [1.54, 1.807) is 40.7 Å². The Bertz CT molecular complexity index is 950. The number of hydrogen-bond acceptors (Lipinski definition) is 11. The van der Waals surface area contributed by atoms with Gasteiger partial charge in [-0.05, 0) is 67.1 Å². The van der Waals surface area contributed by atoms with Crippen molar-refractivity contribution in [2.24, 2.45) is 22.9 Å². The standard InChI is InChI=1S/C29H50N2O9/c1-10-21-28(6,35)13-19-14-37-30-22(19)15(2)12-29(7,36)25(17(4)23(32)18(5)26(34)39-21)40-27-24(33)20(31(8)9)11-16(3)38-27/h13,15-18,20-21,23-25,27,32-33,35-36H,10-12,14H2,1-9H3/b19-13+/t15-,16-,17+,18-,20+,21-,23+,24-,25-,27?,28+,29+/m1/s1. The van der Waals surface area contributed by atoms with E-state index < -0.39 is 59.7 Å². The molecule has 230 valence electrons. The van der Waals surface area contributed by atoms with E-state index in [9.17, 15) is 25.2 Å². The molecule has 0 aromatic heterocycles. The van der Waals surface area contributed by atoms with E-state index in [-0.39, 0.29) is 31.1 Å². The highest BCUT2D eigenvalue weighted by atomic mass is 16.7. The van der Waals surface area contributed by atoms with Crippen LogP contribution in [0.3, 0.4) is 0 Å². The number of nitrogens with zero attached hydrogens (tertiary/aromatic N) is 2. The van der Waals surface area contributed by atoms with Crippen molar-refractivity contribution < 1.29 is 44.3 Å². The molecule has 0 radical (unpaired) electrons. The summed E-state index contributed by atoms with van der Waals surface area (Å²) in [6.07, 6.45) is -2.78. The number of oxime groups is 1. The van der Waals surface area contributed by atoms with Crippen LogP contribution < -0.4 is 0 Å². The van der Waals surface area contributed by atoms with Gasteiger partial charge in [-0.1, -0.05) is 25.9 Å². The van der Waals surface area contributed by atoms with Crippen molar-refractivity contribution in [1.29, 1.82) is 0 Å². The normalized spacial score (nSPS) is 46.9. The van der Waals surface area contributed by atoms with Crippen LogP contribution in [-0.2, 0) is 23.8 Å². The maximum absolute atomic E-state index is 13.2. The Kier molecular flexibility index (Phi) is 10.5. The maximum Gasteiger partial charge on any atom is 0.311 e. The van der Waals surface area contributed by atoms with Gasteiger partial charge in [0.1, 0.15) is 24.4 Å². The highest BCUT2D eigenvalue weighted by Crippen LogP contribution is 2.37. The molecule has 12 atom stereocenters. The fourth-order valence-corrected chi connectivity index (χ4v) is 6.38. The third kappa shape index (κ3) is 7.06. The van der Waals surface area contributed by atoms with E-state index in [4.69, 9.17) is 19.0 Å². The summed E-state index contributed by atoms with van der Waals surface area (Å²) in [5.74, 6) is -2.78. The molecule has 0 aromatic carbocycles. The largest absolute Gasteiger partial charge is 0.459 e. The summed E-state index contributed by atoms with van der Waals surface area (Å²) >= 11 is 0. The first-order valence-electron chi connectivity index (χ1n) is 14.4. The highest BCUT2D eigenvalue weighted by Gasteiger charge is 2.49. The number of aliphatic hydroxyl groups is 4. The summed E-state index contributed by atoms with van der Waals surface area (Å²) < 4.78 is 18.1. The van der Waals surface area contributed by atoms with Crippen LogP contribution in [0.4, 0.5) is 0 Å². The number of hydrogen-bond donors (Lipinski definition) is 4. The third-order valence-electron chi connectivity index (χ3n) is 8.72. The van der Waals surface area contributed by atoms with Gasteiger partial charge >= 0.3 is 5.97 Å². The second kappa shape index (κ2) is 12.7. The van der Waals surface area contributed by atoms with Crippen molar-refractivity contribution in [3.05, 3.63) is 11.6 Å². The topological polar surface area (TPSA) is 151 Å². The SMILES string of the molecule is CC[C@H]1OC(=O)[C@H](C)[C@@H](O)[C@H](C)[C@@H](OC2O[C@H](C)C[C@H](N(C)C)[C@H]2O)[C@@](C)(O)C[C@@H](C)C2=NOC/C2=C\[C@]1(C)O. The van der Waals surface area contributed by atoms with Gasteiger partial charge in [0.05, 0.1) is 35.5 Å². The number of cyclic esters (lactones) is 1. The van der Waals surface area contributed by atoms with E-state index in [1.807, 2.05) is 32.8 Å². The molecule has 0 bridgehead atoms. The van der Waals surface area contributed by atoms with Gasteiger partial charge in [0.15, 0.2) is 6.29 Å². The molecule has 1 unspecified atom stereocenters. The average Bonchev–Trinajstić information content (AvgIpc) is 3.32. The van der Waals surface area contributed by atoms with Gasteiger partial charge < -0.3 is 44.4 Å². The highest BCUT2D eigenvalue weighted by molar-refractivity contribution is 6.02. The second-order valence-electron chi connectivity index (χ2n) is 12.7. The lowest BCUT2D eigenvalue weighted by molar-refractivity contribution is -0.298. The van der Waals surface area contributed by atoms with Crippen molar-refractivity contribution in [1.82, 2.24) is 4.90 Å². The molecule has 0 amide bonds. The van der Waals surface area contributed by atoms with Gasteiger partial charge in [-0.2, -0.15) is 0 Å². The number of esters is 1.